The van der Waals surface area contributed by atoms with Crippen molar-refractivity contribution in [2.75, 3.05) is 39.4 Å². The lowest BCUT2D eigenvalue weighted by Crippen LogP contribution is -3.14. The van der Waals surface area contributed by atoms with Gasteiger partial charge in [-0.25, -0.2) is 0 Å². The summed E-state index contributed by atoms with van der Waals surface area (Å²) in [5, 5.41) is 7.43. The lowest BCUT2D eigenvalue weighted by molar-refractivity contribution is -0.906. The molecule has 1 saturated heterocycles. The Labute approximate surface area is 161 Å². The van der Waals surface area contributed by atoms with Gasteiger partial charge < -0.3 is 20.3 Å². The van der Waals surface area contributed by atoms with Crippen LogP contribution in [-0.4, -0.2) is 44.5 Å². The van der Waals surface area contributed by atoms with E-state index >= 15 is 0 Å². The number of morpholine rings is 1. The molecule has 0 bridgehead atoms. The molecule has 1 atom stereocenters. The van der Waals surface area contributed by atoms with Crippen molar-refractivity contribution in [1.82, 2.24) is 10.6 Å². The van der Waals surface area contributed by atoms with E-state index in [9.17, 15) is 0 Å². The first-order valence-electron chi connectivity index (χ1n) is 9.33. The molecule has 138 valence electrons. The van der Waals surface area contributed by atoms with Gasteiger partial charge in [0, 0.05) is 0 Å². The van der Waals surface area contributed by atoms with E-state index in [0.717, 1.165) is 44.5 Å². The van der Waals surface area contributed by atoms with E-state index in [1.807, 2.05) is 6.07 Å². The average molecular weight is 371 g/mol. The zero-order valence-corrected chi connectivity index (χ0v) is 16.1. The van der Waals surface area contributed by atoms with Gasteiger partial charge in [0.05, 0.1) is 32.3 Å². The van der Waals surface area contributed by atoms with Gasteiger partial charge in [-0.1, -0.05) is 54.6 Å². The minimum Gasteiger partial charge on any atom is -0.370 e. The van der Waals surface area contributed by atoms with E-state index < -0.39 is 0 Å². The highest BCUT2D eigenvalue weighted by Crippen LogP contribution is 2.21. The van der Waals surface area contributed by atoms with Gasteiger partial charge in [-0.05, 0) is 35.8 Å². The summed E-state index contributed by atoms with van der Waals surface area (Å²) in [6.45, 7) is 8.02. The number of ether oxygens (including phenoxy) is 1. The molecule has 3 rings (SSSR count). The Balaban J connectivity index is 1.45. The molecule has 4 nitrogen and oxygen atoms in total. The molecule has 1 aliphatic heterocycles. The Kier molecular flexibility index (Phi) is 7.00. The summed E-state index contributed by atoms with van der Waals surface area (Å²) in [6.07, 6.45) is 0. The number of thiocarbonyl (C=S) groups is 1. The molecule has 0 saturated carbocycles. The van der Waals surface area contributed by atoms with Crippen molar-refractivity contribution in [3.8, 4) is 11.1 Å². The van der Waals surface area contributed by atoms with Crippen molar-refractivity contribution in [2.45, 2.75) is 13.0 Å². The van der Waals surface area contributed by atoms with Crippen molar-refractivity contribution < 1.29 is 9.64 Å². The Morgan fingerprint density at radius 2 is 1.69 bits per heavy atom. The Morgan fingerprint density at radius 1 is 1.04 bits per heavy atom. The average Bonchev–Trinajstić information content (AvgIpc) is 2.69. The van der Waals surface area contributed by atoms with Crippen molar-refractivity contribution in [1.29, 1.82) is 0 Å². The van der Waals surface area contributed by atoms with Crippen LogP contribution >= 0.6 is 12.2 Å². The van der Waals surface area contributed by atoms with E-state index in [1.54, 1.807) is 4.90 Å². The molecule has 0 aliphatic carbocycles. The van der Waals surface area contributed by atoms with E-state index in [0.29, 0.717) is 0 Å². The summed E-state index contributed by atoms with van der Waals surface area (Å²) >= 11 is 5.44. The number of nitrogens with one attached hydrogen (secondary N) is 3. The quantitative estimate of drug-likeness (QED) is 0.678. The van der Waals surface area contributed by atoms with Crippen LogP contribution in [0.5, 0.6) is 0 Å². The summed E-state index contributed by atoms with van der Waals surface area (Å²) in [5.74, 6) is 0. The Bertz CT molecular complexity index is 684. The molecule has 1 fully saturated rings. The summed E-state index contributed by atoms with van der Waals surface area (Å²) in [6, 6.07) is 19.3. The molecule has 1 heterocycles. The number of benzene rings is 2. The lowest BCUT2D eigenvalue weighted by atomic mass is 10.0. The van der Waals surface area contributed by atoms with Crippen molar-refractivity contribution >= 4 is 17.3 Å². The van der Waals surface area contributed by atoms with Crippen molar-refractivity contribution in [3.63, 3.8) is 0 Å². The monoisotopic (exact) mass is 370 g/mol. The van der Waals surface area contributed by atoms with E-state index in [2.05, 4.69) is 66.1 Å². The molecule has 26 heavy (non-hydrogen) atoms. The molecule has 0 spiro atoms. The van der Waals surface area contributed by atoms with Gasteiger partial charge in [0.15, 0.2) is 5.11 Å². The summed E-state index contributed by atoms with van der Waals surface area (Å²) in [4.78, 5) is 1.58. The molecular weight excluding hydrogens is 342 g/mol. The van der Waals surface area contributed by atoms with Gasteiger partial charge in [-0.15, -0.1) is 0 Å². The third-order valence-corrected chi connectivity index (χ3v) is 5.09. The van der Waals surface area contributed by atoms with Crippen LogP contribution < -0.4 is 15.5 Å². The van der Waals surface area contributed by atoms with Gasteiger partial charge >= 0.3 is 0 Å². The zero-order valence-electron chi connectivity index (χ0n) is 15.3. The van der Waals surface area contributed by atoms with E-state index in [1.165, 1.54) is 16.7 Å². The van der Waals surface area contributed by atoms with Crippen LogP contribution in [0.1, 0.15) is 18.5 Å². The highest BCUT2D eigenvalue weighted by atomic mass is 32.1. The number of hydrogen-bond acceptors (Lipinski definition) is 2. The molecule has 2 aromatic rings. The maximum absolute atomic E-state index is 5.44. The number of quaternary nitrogens is 1. The van der Waals surface area contributed by atoms with Crippen LogP contribution in [0.2, 0.25) is 0 Å². The second-order valence-corrected chi connectivity index (χ2v) is 7.13. The molecule has 0 aromatic heterocycles. The topological polar surface area (TPSA) is 37.7 Å². The first-order valence-corrected chi connectivity index (χ1v) is 9.74. The van der Waals surface area contributed by atoms with Crippen LogP contribution in [0.4, 0.5) is 0 Å². The third kappa shape index (κ3) is 5.53. The van der Waals surface area contributed by atoms with E-state index in [4.69, 9.17) is 17.0 Å². The number of rotatable bonds is 6. The lowest BCUT2D eigenvalue weighted by Gasteiger charge is -2.24. The first kappa shape index (κ1) is 18.8. The second kappa shape index (κ2) is 9.67. The Morgan fingerprint density at radius 3 is 2.38 bits per heavy atom. The van der Waals surface area contributed by atoms with Crippen molar-refractivity contribution in [2.24, 2.45) is 0 Å². The minimum atomic E-state index is 0.176. The van der Waals surface area contributed by atoms with Crippen LogP contribution in [0, 0.1) is 0 Å². The standard InChI is InChI=1S/C21H27N3OS/c1-17(23-21(26)22-11-12-24-13-15-25-16-14-24)18-7-9-20(10-8-18)19-5-3-2-4-6-19/h2-10,17H,11-16H2,1H3,(H2,22,23,26)/p+1/t17-/m0/s1. The van der Waals surface area contributed by atoms with Gasteiger partial charge in [-0.3, -0.25) is 0 Å². The van der Waals surface area contributed by atoms with Crippen molar-refractivity contribution in [3.05, 3.63) is 60.2 Å². The third-order valence-electron chi connectivity index (χ3n) is 4.83. The molecule has 0 radical (unpaired) electrons. The van der Waals surface area contributed by atoms with Gasteiger partial charge in [0.25, 0.3) is 0 Å². The van der Waals surface area contributed by atoms with Crippen LogP contribution in [-0.2, 0) is 4.74 Å². The van der Waals surface area contributed by atoms with Crippen LogP contribution in [0.25, 0.3) is 11.1 Å². The maximum atomic E-state index is 5.44. The molecule has 5 heteroatoms. The molecule has 0 amide bonds. The Hall–Kier alpha value is -1.95. The summed E-state index contributed by atoms with van der Waals surface area (Å²) in [7, 11) is 0. The predicted octanol–water partition coefficient (Wildman–Crippen LogP) is 1.79. The maximum Gasteiger partial charge on any atom is 0.166 e. The van der Waals surface area contributed by atoms with Crippen LogP contribution in [0.15, 0.2) is 54.6 Å². The molecule has 1 aliphatic rings. The minimum absolute atomic E-state index is 0.176. The predicted molar refractivity (Wildman–Crippen MR) is 110 cm³/mol. The van der Waals surface area contributed by atoms with Gasteiger partial charge in [0.2, 0.25) is 0 Å². The van der Waals surface area contributed by atoms with Gasteiger partial charge in [0.1, 0.15) is 13.1 Å². The second-order valence-electron chi connectivity index (χ2n) is 6.72. The zero-order chi connectivity index (χ0) is 18.2. The molecular formula is C21H28N3OS+. The highest BCUT2D eigenvalue weighted by Gasteiger charge is 2.13. The fourth-order valence-corrected chi connectivity index (χ4v) is 3.47. The molecule has 0 unspecified atom stereocenters. The smallest absolute Gasteiger partial charge is 0.166 e. The fraction of sp³-hybridized carbons (Fsp3) is 0.381. The van der Waals surface area contributed by atoms with Gasteiger partial charge in [-0.2, -0.15) is 0 Å². The fourth-order valence-electron chi connectivity index (χ4n) is 3.19. The first-order chi connectivity index (χ1) is 12.7. The number of hydrogen-bond donors (Lipinski definition) is 3. The normalized spacial score (nSPS) is 16.0. The molecule has 2 aromatic carbocycles. The highest BCUT2D eigenvalue weighted by molar-refractivity contribution is 7.80. The van der Waals surface area contributed by atoms with E-state index in [-0.39, 0.29) is 6.04 Å². The molecule has 3 N–H and O–H groups in total. The summed E-state index contributed by atoms with van der Waals surface area (Å²) in [5.41, 5.74) is 3.70. The summed E-state index contributed by atoms with van der Waals surface area (Å²) < 4.78 is 5.39. The SMILES string of the molecule is C[C@H](NC(=S)NCC[NH+]1CCOCC1)c1ccc(-c2ccccc2)cc1. The van der Waals surface area contributed by atoms with Crippen LogP contribution in [0.3, 0.4) is 0 Å². The largest absolute Gasteiger partial charge is 0.370 e.